The molecule has 0 radical (unpaired) electrons. The molecule has 3 aliphatic carbocycles. The molecule has 0 amide bonds. The van der Waals surface area contributed by atoms with Crippen LogP contribution in [0.25, 0.3) is 11.2 Å². The van der Waals surface area contributed by atoms with Crippen molar-refractivity contribution in [2.75, 3.05) is 18.5 Å². The highest BCUT2D eigenvalue weighted by atomic mass is 16.6. The fourth-order valence-corrected chi connectivity index (χ4v) is 5.71. The molecule has 1 saturated heterocycles. The molecular formula is C20H29N5O4. The van der Waals surface area contributed by atoms with Gasteiger partial charge in [-0.15, -0.1) is 0 Å². The lowest BCUT2D eigenvalue weighted by atomic mass is 9.45. The Morgan fingerprint density at radius 2 is 2.03 bits per heavy atom. The summed E-state index contributed by atoms with van der Waals surface area (Å²) in [4.78, 5) is 13.1. The zero-order valence-electron chi connectivity index (χ0n) is 16.8. The van der Waals surface area contributed by atoms with Crippen LogP contribution in [0.1, 0.15) is 39.3 Å². The zero-order valence-corrected chi connectivity index (χ0v) is 16.8. The lowest BCUT2D eigenvalue weighted by molar-refractivity contribution is -0.100. The van der Waals surface area contributed by atoms with Crippen molar-refractivity contribution in [3.8, 4) is 0 Å². The number of aromatic nitrogens is 4. The van der Waals surface area contributed by atoms with Crippen LogP contribution in [0.3, 0.4) is 0 Å². The van der Waals surface area contributed by atoms with Gasteiger partial charge < -0.3 is 25.4 Å². The van der Waals surface area contributed by atoms with E-state index >= 15 is 0 Å². The van der Waals surface area contributed by atoms with Crippen molar-refractivity contribution in [2.24, 2.45) is 23.2 Å². The van der Waals surface area contributed by atoms with Crippen molar-refractivity contribution in [1.29, 1.82) is 0 Å². The van der Waals surface area contributed by atoms with Crippen LogP contribution >= 0.6 is 0 Å². The van der Waals surface area contributed by atoms with E-state index in [1.165, 1.54) is 31.9 Å². The van der Waals surface area contributed by atoms with Crippen LogP contribution < -0.4 is 5.32 Å². The normalized spacial score (nSPS) is 38.2. The molecule has 4 fully saturated rings. The molecular weight excluding hydrogens is 374 g/mol. The first-order chi connectivity index (χ1) is 13.9. The minimum absolute atomic E-state index is 0.372. The maximum absolute atomic E-state index is 10.3. The number of anilines is 1. The van der Waals surface area contributed by atoms with Gasteiger partial charge in [0, 0.05) is 6.54 Å². The number of nitrogens with one attached hydrogen (secondary N) is 1. The number of rotatable bonds is 5. The van der Waals surface area contributed by atoms with E-state index in [2.05, 4.69) is 34.1 Å². The van der Waals surface area contributed by atoms with Gasteiger partial charge >= 0.3 is 0 Å². The predicted octanol–water partition coefficient (Wildman–Crippen LogP) is 0.922. The summed E-state index contributed by atoms with van der Waals surface area (Å²) < 4.78 is 7.21. The molecule has 3 saturated carbocycles. The highest BCUT2D eigenvalue weighted by Gasteiger charge is 2.53. The lowest BCUT2D eigenvalue weighted by Crippen LogP contribution is -2.53. The summed E-state index contributed by atoms with van der Waals surface area (Å²) in [6.07, 6.45) is 2.84. The van der Waals surface area contributed by atoms with Crippen molar-refractivity contribution >= 4 is 17.0 Å². The van der Waals surface area contributed by atoms with Gasteiger partial charge in [-0.2, -0.15) is 0 Å². The maximum atomic E-state index is 10.3. The SMILES string of the molecule is CC1(C)C2CCC(CNc3ncnc4c3ncn4C3O[C@H](CO)[C@@H](O)[C@H]3O)C1C2. The summed E-state index contributed by atoms with van der Waals surface area (Å²) >= 11 is 0. The second kappa shape index (κ2) is 6.87. The number of aliphatic hydroxyl groups is 3. The molecule has 2 aromatic heterocycles. The molecule has 0 spiro atoms. The third-order valence-corrected chi connectivity index (χ3v) is 7.68. The molecule has 158 valence electrons. The van der Waals surface area contributed by atoms with Crippen LogP contribution in [-0.2, 0) is 4.74 Å². The molecule has 4 unspecified atom stereocenters. The molecule has 29 heavy (non-hydrogen) atoms. The Morgan fingerprint density at radius 1 is 1.21 bits per heavy atom. The summed E-state index contributed by atoms with van der Waals surface area (Å²) in [5.74, 6) is 2.92. The number of fused-ring (bicyclic) bond motifs is 3. The van der Waals surface area contributed by atoms with Gasteiger partial charge in [-0.25, -0.2) is 15.0 Å². The van der Waals surface area contributed by atoms with Crippen LogP contribution in [0, 0.1) is 23.2 Å². The van der Waals surface area contributed by atoms with E-state index < -0.39 is 24.5 Å². The summed E-state index contributed by atoms with van der Waals surface area (Å²) in [6, 6.07) is 0. The van der Waals surface area contributed by atoms with Crippen molar-refractivity contribution in [2.45, 2.75) is 57.6 Å². The monoisotopic (exact) mass is 403 g/mol. The van der Waals surface area contributed by atoms with Gasteiger partial charge in [-0.1, -0.05) is 13.8 Å². The average Bonchev–Trinajstić information content (AvgIpc) is 3.28. The highest BCUT2D eigenvalue weighted by molar-refractivity contribution is 5.82. The summed E-state index contributed by atoms with van der Waals surface area (Å²) in [6.45, 7) is 5.27. The molecule has 9 nitrogen and oxygen atoms in total. The van der Waals surface area contributed by atoms with E-state index in [0.717, 1.165) is 18.4 Å². The number of imidazole rings is 1. The second-order valence-corrected chi connectivity index (χ2v) is 9.35. The Balaban J connectivity index is 1.35. The van der Waals surface area contributed by atoms with Crippen molar-refractivity contribution < 1.29 is 20.1 Å². The first kappa shape index (κ1) is 19.2. The van der Waals surface area contributed by atoms with E-state index in [1.54, 1.807) is 4.57 Å². The Hall–Kier alpha value is -1.81. The topological polar surface area (TPSA) is 126 Å². The number of nitrogens with zero attached hydrogens (tertiary/aromatic N) is 4. The van der Waals surface area contributed by atoms with Crippen LogP contribution in [0.5, 0.6) is 0 Å². The average molecular weight is 403 g/mol. The van der Waals surface area contributed by atoms with E-state index in [1.807, 2.05) is 0 Å². The Kier molecular flexibility index (Phi) is 4.54. The maximum Gasteiger partial charge on any atom is 0.167 e. The zero-order chi connectivity index (χ0) is 20.3. The third kappa shape index (κ3) is 2.86. The van der Waals surface area contributed by atoms with E-state index in [-0.39, 0.29) is 6.61 Å². The number of ether oxygens (including phenoxy) is 1. The standard InChI is InChI=1S/C20H29N5O4/c1-20(2)11-4-3-10(12(20)5-11)6-21-17-14-18(23-8-22-17)25(9-24-14)19-16(28)15(27)13(7-26)29-19/h8-13,15-16,19,26-28H,3-7H2,1-2H3,(H,21,22,23)/t10?,11?,12?,13-,15-,16-,19?/m1/s1. The molecule has 2 aromatic rings. The fraction of sp³-hybridized carbons (Fsp3) is 0.750. The highest BCUT2D eigenvalue weighted by Crippen LogP contribution is 2.61. The Morgan fingerprint density at radius 3 is 2.72 bits per heavy atom. The molecule has 4 aliphatic rings. The molecule has 0 aromatic carbocycles. The summed E-state index contributed by atoms with van der Waals surface area (Å²) in [5.41, 5.74) is 1.56. The quantitative estimate of drug-likeness (QED) is 0.581. The number of hydrogen-bond donors (Lipinski definition) is 4. The molecule has 3 heterocycles. The van der Waals surface area contributed by atoms with Gasteiger partial charge in [0.05, 0.1) is 12.9 Å². The van der Waals surface area contributed by atoms with Gasteiger partial charge in [-0.3, -0.25) is 4.57 Å². The summed E-state index contributed by atoms with van der Waals surface area (Å²) in [5, 5.41) is 33.2. The van der Waals surface area contributed by atoms with Crippen molar-refractivity contribution in [1.82, 2.24) is 19.5 Å². The molecule has 1 aliphatic heterocycles. The number of hydrogen-bond acceptors (Lipinski definition) is 8. The molecule has 7 atom stereocenters. The largest absolute Gasteiger partial charge is 0.394 e. The second-order valence-electron chi connectivity index (χ2n) is 9.35. The minimum Gasteiger partial charge on any atom is -0.394 e. The molecule has 9 heteroatoms. The van der Waals surface area contributed by atoms with Gasteiger partial charge in [0.2, 0.25) is 0 Å². The first-order valence-corrected chi connectivity index (χ1v) is 10.5. The van der Waals surface area contributed by atoms with E-state index in [9.17, 15) is 15.3 Å². The first-order valence-electron chi connectivity index (χ1n) is 10.5. The number of aliphatic hydroxyl groups excluding tert-OH is 3. The molecule has 2 bridgehead atoms. The van der Waals surface area contributed by atoms with Crippen LogP contribution in [-0.4, -0.2) is 66.3 Å². The third-order valence-electron chi connectivity index (χ3n) is 7.68. The lowest BCUT2D eigenvalue weighted by Gasteiger charge is -2.60. The van der Waals surface area contributed by atoms with Gasteiger partial charge in [0.25, 0.3) is 0 Å². The smallest absolute Gasteiger partial charge is 0.167 e. The van der Waals surface area contributed by atoms with Gasteiger partial charge in [0.1, 0.15) is 24.6 Å². The Bertz CT molecular complexity index is 900. The van der Waals surface area contributed by atoms with Crippen molar-refractivity contribution in [3.05, 3.63) is 12.7 Å². The van der Waals surface area contributed by atoms with Crippen LogP contribution in [0.2, 0.25) is 0 Å². The van der Waals surface area contributed by atoms with E-state index in [4.69, 9.17) is 4.74 Å². The van der Waals surface area contributed by atoms with E-state index in [0.29, 0.717) is 28.3 Å². The van der Waals surface area contributed by atoms with Gasteiger partial charge in [0.15, 0.2) is 23.2 Å². The fourth-order valence-electron chi connectivity index (χ4n) is 5.71. The molecule has 4 N–H and O–H groups in total. The van der Waals surface area contributed by atoms with Gasteiger partial charge in [-0.05, 0) is 42.4 Å². The predicted molar refractivity (Wildman–Crippen MR) is 105 cm³/mol. The summed E-state index contributed by atoms with van der Waals surface area (Å²) in [7, 11) is 0. The molecule has 6 rings (SSSR count). The van der Waals surface area contributed by atoms with Crippen LogP contribution in [0.4, 0.5) is 5.82 Å². The van der Waals surface area contributed by atoms with Crippen LogP contribution in [0.15, 0.2) is 12.7 Å². The Labute approximate surface area is 169 Å². The van der Waals surface area contributed by atoms with Crippen molar-refractivity contribution in [3.63, 3.8) is 0 Å². The minimum atomic E-state index is -1.17.